The molecule has 1 saturated carbocycles. The van der Waals surface area contributed by atoms with Gasteiger partial charge in [-0.3, -0.25) is 4.79 Å². The number of rotatable bonds is 6. The first kappa shape index (κ1) is 31.3. The summed E-state index contributed by atoms with van der Waals surface area (Å²) in [5.41, 5.74) is 16.1. The van der Waals surface area contributed by atoms with Crippen LogP contribution in [-0.2, 0) is 9.53 Å². The molecular weight excluding hydrogens is 584 g/mol. The average molecular weight is 631 g/mol. The average Bonchev–Trinajstić information content (AvgIpc) is 3.82. The molecule has 47 heavy (non-hydrogen) atoms. The van der Waals surface area contributed by atoms with Gasteiger partial charge in [-0.1, -0.05) is 39.7 Å². The number of nitrogens with one attached hydrogen (secondary N) is 1. The molecule has 0 spiro atoms. The van der Waals surface area contributed by atoms with Gasteiger partial charge in [-0.25, -0.2) is 15.0 Å². The fraction of sp³-hybridized carbons (Fsp3) is 0.450. The molecule has 244 valence electrons. The molecule has 0 radical (unpaired) electrons. The van der Waals surface area contributed by atoms with Crippen molar-refractivity contribution in [2.75, 3.05) is 7.11 Å². The van der Waals surface area contributed by atoms with Crippen LogP contribution in [0.25, 0.3) is 0 Å². The summed E-state index contributed by atoms with van der Waals surface area (Å²) in [5, 5.41) is 15.1. The molecule has 2 N–H and O–H groups in total. The molecule has 5 aliphatic heterocycles. The molecule has 0 aromatic carbocycles. The van der Waals surface area contributed by atoms with E-state index in [1.54, 1.807) is 0 Å². The topological polar surface area (TPSA) is 95.6 Å². The Labute approximate surface area is 278 Å². The lowest BCUT2D eigenvalue weighted by Crippen LogP contribution is -2.16. The molecule has 2 aliphatic carbocycles. The molecule has 7 nitrogen and oxygen atoms in total. The number of aliphatic hydroxyl groups excluding tert-OH is 1. The van der Waals surface area contributed by atoms with Gasteiger partial charge in [0.1, 0.15) is 5.76 Å². The summed E-state index contributed by atoms with van der Waals surface area (Å²) in [4.78, 5) is 28.0. The lowest BCUT2D eigenvalue weighted by atomic mass is 9.79. The third kappa shape index (κ3) is 5.19. The van der Waals surface area contributed by atoms with E-state index in [1.807, 2.05) is 6.92 Å². The van der Waals surface area contributed by atoms with E-state index in [0.29, 0.717) is 30.9 Å². The summed E-state index contributed by atoms with van der Waals surface area (Å²) in [6, 6.07) is 0. The van der Waals surface area contributed by atoms with Gasteiger partial charge in [-0.2, -0.15) is 0 Å². The largest absolute Gasteiger partial charge is 0.511 e. The Hall–Kier alpha value is -4.26. The fourth-order valence-corrected chi connectivity index (χ4v) is 8.54. The first-order chi connectivity index (χ1) is 22.6. The number of allylic oxidation sites excluding steroid dienone is 12. The molecule has 0 aromatic heterocycles. The number of esters is 1. The third-order valence-electron chi connectivity index (χ3n) is 11.4. The van der Waals surface area contributed by atoms with Crippen molar-refractivity contribution in [1.29, 1.82) is 0 Å². The van der Waals surface area contributed by atoms with Crippen LogP contribution in [0, 0.1) is 17.8 Å². The van der Waals surface area contributed by atoms with Crippen molar-refractivity contribution in [1.82, 2.24) is 5.32 Å². The monoisotopic (exact) mass is 630 g/mol. The van der Waals surface area contributed by atoms with Gasteiger partial charge >= 0.3 is 5.97 Å². The smallest absolute Gasteiger partial charge is 0.305 e. The van der Waals surface area contributed by atoms with Gasteiger partial charge in [-0.05, 0) is 98.5 Å². The zero-order valence-corrected chi connectivity index (χ0v) is 28.6. The number of aliphatic hydroxyl groups is 1. The van der Waals surface area contributed by atoms with E-state index in [4.69, 9.17) is 26.3 Å². The maximum absolute atomic E-state index is 12.3. The van der Waals surface area contributed by atoms with E-state index in [1.165, 1.54) is 50.4 Å². The lowest BCUT2D eigenvalue weighted by Gasteiger charge is -2.25. The molecule has 8 bridgehead atoms. The van der Waals surface area contributed by atoms with Crippen molar-refractivity contribution in [2.45, 2.75) is 92.4 Å². The molecule has 7 aliphatic rings. The second-order valence-corrected chi connectivity index (χ2v) is 14.0. The lowest BCUT2D eigenvalue weighted by molar-refractivity contribution is -0.140. The van der Waals surface area contributed by atoms with Gasteiger partial charge in [0.15, 0.2) is 0 Å². The van der Waals surface area contributed by atoms with E-state index >= 15 is 0 Å². The van der Waals surface area contributed by atoms with Crippen LogP contribution >= 0.6 is 0 Å². The SMILES string of the molecule is C=C(C1=C(C)C2=NC1=CC1=NC(=CC3=C(C)C4=C(O)CC(=C5NC(=C2)[C@@H](C)[C@@H]5CCC(=O)OC)C4=N3)C(CC)=C1C)C1CCCCC1. The standard InChI is InChI=1S/C40H46N4O3/c1-8-26-21(3)29-19-34-37(20(2)25-12-10-9-11-13-25)23(5)31(42-34)17-30-22(4)27(14-15-36(46)47-7)39(43-30)28-16-35(45)38-24(6)32(44-40(28)38)18-33(26)41-29/h17-19,22,25,27,43,45H,2,8-16H2,1,3-7H3/t22-,27-/m0/s1. The van der Waals surface area contributed by atoms with Crippen LogP contribution in [0.2, 0.25) is 0 Å². The van der Waals surface area contributed by atoms with Crippen LogP contribution in [0.4, 0.5) is 0 Å². The molecule has 0 aromatic rings. The highest BCUT2D eigenvalue weighted by atomic mass is 16.5. The summed E-state index contributed by atoms with van der Waals surface area (Å²) < 4.78 is 5.03. The van der Waals surface area contributed by atoms with Crippen molar-refractivity contribution in [3.05, 3.63) is 104 Å². The number of nitrogens with zero attached hydrogens (tertiary/aromatic N) is 3. The van der Waals surface area contributed by atoms with Gasteiger partial charge < -0.3 is 15.2 Å². The number of carbonyl (C=O) groups excluding carboxylic acids is 1. The number of aliphatic imine (C=N–C) groups is 3. The highest BCUT2D eigenvalue weighted by Gasteiger charge is 2.41. The maximum Gasteiger partial charge on any atom is 0.305 e. The Morgan fingerprint density at radius 2 is 1.72 bits per heavy atom. The number of fused-ring (bicyclic) bond motifs is 5. The van der Waals surface area contributed by atoms with Gasteiger partial charge in [0.25, 0.3) is 0 Å². The fourth-order valence-electron chi connectivity index (χ4n) is 8.54. The second kappa shape index (κ2) is 12.1. The number of ether oxygens (including phenoxy) is 1. The summed E-state index contributed by atoms with van der Waals surface area (Å²) in [6.45, 7) is 15.5. The van der Waals surface area contributed by atoms with Crippen molar-refractivity contribution < 1.29 is 14.6 Å². The summed E-state index contributed by atoms with van der Waals surface area (Å²) >= 11 is 0. The van der Waals surface area contributed by atoms with Crippen LogP contribution in [0.1, 0.15) is 92.4 Å². The Balaban J connectivity index is 1.44. The van der Waals surface area contributed by atoms with Crippen molar-refractivity contribution in [3.63, 3.8) is 0 Å². The molecule has 0 amide bonds. The van der Waals surface area contributed by atoms with Crippen molar-refractivity contribution in [3.8, 4) is 0 Å². The third-order valence-corrected chi connectivity index (χ3v) is 11.4. The highest BCUT2D eigenvalue weighted by Crippen LogP contribution is 2.47. The molecule has 0 unspecified atom stereocenters. The maximum atomic E-state index is 12.3. The Morgan fingerprint density at radius 3 is 2.45 bits per heavy atom. The van der Waals surface area contributed by atoms with E-state index < -0.39 is 0 Å². The normalized spacial score (nSPS) is 25.7. The van der Waals surface area contributed by atoms with Gasteiger partial charge in [0.2, 0.25) is 0 Å². The minimum absolute atomic E-state index is 0.0282. The van der Waals surface area contributed by atoms with Crippen LogP contribution < -0.4 is 5.32 Å². The number of carbonyl (C=O) groups is 1. The zero-order valence-electron chi connectivity index (χ0n) is 28.6. The predicted octanol–water partition coefficient (Wildman–Crippen LogP) is 8.75. The van der Waals surface area contributed by atoms with Crippen LogP contribution in [0.15, 0.2) is 119 Å². The Kier molecular flexibility index (Phi) is 8.05. The van der Waals surface area contributed by atoms with Crippen LogP contribution in [-0.4, -0.2) is 35.3 Å². The summed E-state index contributed by atoms with van der Waals surface area (Å²) in [7, 11) is 1.44. The quantitative estimate of drug-likeness (QED) is 0.287. The Morgan fingerprint density at radius 1 is 1.00 bits per heavy atom. The molecule has 2 fully saturated rings. The second-order valence-electron chi connectivity index (χ2n) is 14.0. The predicted molar refractivity (Wildman–Crippen MR) is 189 cm³/mol. The van der Waals surface area contributed by atoms with E-state index in [2.05, 4.69) is 51.2 Å². The van der Waals surface area contributed by atoms with Crippen molar-refractivity contribution >= 4 is 23.1 Å². The van der Waals surface area contributed by atoms with Gasteiger partial charge in [-0.15, -0.1) is 0 Å². The first-order valence-electron chi connectivity index (χ1n) is 17.3. The number of hydrogen-bond donors (Lipinski definition) is 2. The zero-order chi connectivity index (χ0) is 33.1. The number of methoxy groups -OCH3 is 1. The minimum Gasteiger partial charge on any atom is -0.511 e. The molecule has 1 saturated heterocycles. The van der Waals surface area contributed by atoms with E-state index in [9.17, 15) is 9.90 Å². The van der Waals surface area contributed by atoms with E-state index in [0.717, 1.165) is 85.5 Å². The molecule has 7 rings (SSSR count). The van der Waals surface area contributed by atoms with E-state index in [-0.39, 0.29) is 17.8 Å². The van der Waals surface area contributed by atoms with Crippen molar-refractivity contribution in [2.24, 2.45) is 32.7 Å². The van der Waals surface area contributed by atoms with Gasteiger partial charge in [0, 0.05) is 52.8 Å². The molecule has 7 heteroatoms. The minimum atomic E-state index is -0.221. The number of hydrogen-bond acceptors (Lipinski definition) is 7. The van der Waals surface area contributed by atoms with Crippen LogP contribution in [0.3, 0.4) is 0 Å². The Bertz CT molecular complexity index is 1860. The summed E-state index contributed by atoms with van der Waals surface area (Å²) in [6.07, 6.45) is 14.8. The molecule has 5 heterocycles. The first-order valence-corrected chi connectivity index (χ1v) is 17.3. The van der Waals surface area contributed by atoms with Gasteiger partial charge in [0.05, 0.1) is 41.3 Å². The molecular formula is C40H46N4O3. The highest BCUT2D eigenvalue weighted by molar-refractivity contribution is 6.21. The molecule has 2 atom stereocenters. The van der Waals surface area contributed by atoms with Crippen LogP contribution in [0.5, 0.6) is 0 Å². The summed E-state index contributed by atoms with van der Waals surface area (Å²) in [5.74, 6) is 0.697.